The maximum atomic E-state index is 5.45. The Labute approximate surface area is 107 Å². The van der Waals surface area contributed by atoms with Crippen molar-refractivity contribution < 1.29 is 9.47 Å². The molecule has 0 rings (SSSR count). The van der Waals surface area contributed by atoms with Crippen LogP contribution in [0.25, 0.3) is 0 Å². The van der Waals surface area contributed by atoms with Gasteiger partial charge in [0.1, 0.15) is 0 Å². The largest absolute Gasteiger partial charge is 0.502 e. The van der Waals surface area contributed by atoms with E-state index in [9.17, 15) is 0 Å². The number of rotatable bonds is 8. The maximum Gasteiger partial charge on any atom is 0.0875 e. The first-order valence-corrected chi connectivity index (χ1v) is 6.51. The summed E-state index contributed by atoms with van der Waals surface area (Å²) in [6, 6.07) is 0. The van der Waals surface area contributed by atoms with Crippen LogP contribution in [0.4, 0.5) is 0 Å². The molecule has 1 unspecified atom stereocenters. The van der Waals surface area contributed by atoms with E-state index in [4.69, 9.17) is 9.47 Å². The van der Waals surface area contributed by atoms with Crippen LogP contribution >= 0.6 is 0 Å². The van der Waals surface area contributed by atoms with Gasteiger partial charge in [0.15, 0.2) is 0 Å². The fourth-order valence-electron chi connectivity index (χ4n) is 1.17. The molecule has 0 heterocycles. The van der Waals surface area contributed by atoms with E-state index in [-0.39, 0.29) is 0 Å². The lowest BCUT2D eigenvalue weighted by Gasteiger charge is -2.26. The summed E-state index contributed by atoms with van der Waals surface area (Å²) in [7, 11) is 0. The molecular formula is C15H28O2. The van der Waals surface area contributed by atoms with Crippen molar-refractivity contribution in [3.63, 3.8) is 0 Å². The van der Waals surface area contributed by atoms with Crippen LogP contribution in [0.5, 0.6) is 0 Å². The molecule has 2 heteroatoms. The minimum absolute atomic E-state index is 0.368. The SMILES string of the molecule is CCOC=CCC=COCCC(C)C(C)(C)C. The minimum atomic E-state index is 0.368. The summed E-state index contributed by atoms with van der Waals surface area (Å²) in [5.74, 6) is 0.675. The van der Waals surface area contributed by atoms with Gasteiger partial charge in [-0.1, -0.05) is 27.7 Å². The molecule has 0 bridgehead atoms. The molecule has 0 saturated heterocycles. The molecule has 0 spiro atoms. The van der Waals surface area contributed by atoms with E-state index in [0.717, 1.165) is 26.1 Å². The van der Waals surface area contributed by atoms with Crippen LogP contribution in [-0.2, 0) is 9.47 Å². The van der Waals surface area contributed by atoms with E-state index in [1.165, 1.54) is 0 Å². The predicted octanol–water partition coefficient (Wildman–Crippen LogP) is 4.53. The Morgan fingerprint density at radius 3 is 2.18 bits per heavy atom. The highest BCUT2D eigenvalue weighted by molar-refractivity contribution is 4.86. The molecule has 0 aliphatic carbocycles. The summed E-state index contributed by atoms with van der Waals surface area (Å²) >= 11 is 0. The molecule has 0 aliphatic rings. The van der Waals surface area contributed by atoms with E-state index >= 15 is 0 Å². The van der Waals surface area contributed by atoms with Gasteiger partial charge in [0.05, 0.1) is 25.7 Å². The second-order valence-electron chi connectivity index (χ2n) is 5.36. The molecular weight excluding hydrogens is 212 g/mol. The van der Waals surface area contributed by atoms with Crippen LogP contribution in [0.2, 0.25) is 0 Å². The van der Waals surface area contributed by atoms with Crippen molar-refractivity contribution in [2.45, 2.75) is 47.5 Å². The van der Waals surface area contributed by atoms with Gasteiger partial charge in [0.25, 0.3) is 0 Å². The van der Waals surface area contributed by atoms with Gasteiger partial charge in [0.2, 0.25) is 0 Å². The fourth-order valence-corrected chi connectivity index (χ4v) is 1.17. The summed E-state index contributed by atoms with van der Waals surface area (Å²) < 4.78 is 10.5. The quantitative estimate of drug-likeness (QED) is 0.458. The first-order valence-electron chi connectivity index (χ1n) is 6.51. The molecule has 0 aromatic heterocycles. The molecule has 0 radical (unpaired) electrons. The first-order chi connectivity index (χ1) is 7.98. The molecule has 0 saturated carbocycles. The van der Waals surface area contributed by atoms with Crippen molar-refractivity contribution in [3.8, 4) is 0 Å². The van der Waals surface area contributed by atoms with Crippen LogP contribution < -0.4 is 0 Å². The van der Waals surface area contributed by atoms with Gasteiger partial charge in [0, 0.05) is 0 Å². The smallest absolute Gasteiger partial charge is 0.0875 e. The third-order valence-corrected chi connectivity index (χ3v) is 2.97. The normalized spacial score (nSPS) is 14.4. The van der Waals surface area contributed by atoms with Gasteiger partial charge in [-0.2, -0.15) is 0 Å². The summed E-state index contributed by atoms with van der Waals surface area (Å²) in [4.78, 5) is 0. The zero-order valence-corrected chi connectivity index (χ0v) is 12.0. The van der Waals surface area contributed by atoms with Crippen LogP contribution in [0.15, 0.2) is 24.7 Å². The standard InChI is InChI=1S/C15H28O2/c1-6-16-11-8-7-9-12-17-13-10-14(2)15(3,4)5/h8-9,11-12,14H,6-7,10,13H2,1-5H3. The molecule has 17 heavy (non-hydrogen) atoms. The average Bonchev–Trinajstić information content (AvgIpc) is 2.25. The maximum absolute atomic E-state index is 5.45. The highest BCUT2D eigenvalue weighted by Gasteiger charge is 2.19. The Kier molecular flexibility index (Phi) is 8.65. The lowest BCUT2D eigenvalue weighted by molar-refractivity contribution is 0.172. The predicted molar refractivity (Wildman–Crippen MR) is 73.7 cm³/mol. The van der Waals surface area contributed by atoms with Crippen LogP contribution in [0.1, 0.15) is 47.5 Å². The number of ether oxygens (including phenoxy) is 2. The van der Waals surface area contributed by atoms with Gasteiger partial charge < -0.3 is 9.47 Å². The van der Waals surface area contributed by atoms with Gasteiger partial charge >= 0.3 is 0 Å². The Balaban J connectivity index is 3.48. The summed E-state index contributed by atoms with van der Waals surface area (Å²) in [6.07, 6.45) is 9.44. The van der Waals surface area contributed by atoms with E-state index in [1.54, 1.807) is 12.5 Å². The van der Waals surface area contributed by atoms with E-state index < -0.39 is 0 Å². The average molecular weight is 240 g/mol. The van der Waals surface area contributed by atoms with Crippen molar-refractivity contribution in [3.05, 3.63) is 24.7 Å². The fraction of sp³-hybridized carbons (Fsp3) is 0.733. The van der Waals surface area contributed by atoms with E-state index in [2.05, 4.69) is 27.7 Å². The van der Waals surface area contributed by atoms with Crippen LogP contribution in [-0.4, -0.2) is 13.2 Å². The van der Waals surface area contributed by atoms with Crippen LogP contribution in [0, 0.1) is 11.3 Å². The van der Waals surface area contributed by atoms with Crippen molar-refractivity contribution in [2.24, 2.45) is 11.3 Å². The van der Waals surface area contributed by atoms with Crippen molar-refractivity contribution in [1.29, 1.82) is 0 Å². The molecule has 100 valence electrons. The second kappa shape index (κ2) is 9.15. The Hall–Kier alpha value is -0.920. The van der Waals surface area contributed by atoms with Crippen LogP contribution in [0.3, 0.4) is 0 Å². The highest BCUT2D eigenvalue weighted by Crippen LogP contribution is 2.27. The summed E-state index contributed by atoms with van der Waals surface area (Å²) in [6.45, 7) is 12.6. The third-order valence-electron chi connectivity index (χ3n) is 2.97. The second-order valence-corrected chi connectivity index (χ2v) is 5.36. The summed E-state index contributed by atoms with van der Waals surface area (Å²) in [5.41, 5.74) is 0.368. The van der Waals surface area contributed by atoms with Gasteiger partial charge in [-0.3, -0.25) is 0 Å². The molecule has 0 aromatic carbocycles. The Morgan fingerprint density at radius 1 is 1.06 bits per heavy atom. The Morgan fingerprint density at radius 2 is 1.65 bits per heavy atom. The molecule has 0 fully saturated rings. The lowest BCUT2D eigenvalue weighted by Crippen LogP contribution is -2.18. The van der Waals surface area contributed by atoms with Gasteiger partial charge in [-0.05, 0) is 43.3 Å². The highest BCUT2D eigenvalue weighted by atomic mass is 16.5. The minimum Gasteiger partial charge on any atom is -0.502 e. The number of hydrogen-bond acceptors (Lipinski definition) is 2. The molecule has 0 aromatic rings. The molecule has 0 N–H and O–H groups in total. The van der Waals surface area contributed by atoms with E-state index in [0.29, 0.717) is 11.3 Å². The molecule has 0 amide bonds. The molecule has 1 atom stereocenters. The molecule has 0 aliphatic heterocycles. The van der Waals surface area contributed by atoms with Crippen molar-refractivity contribution in [1.82, 2.24) is 0 Å². The van der Waals surface area contributed by atoms with Crippen molar-refractivity contribution >= 4 is 0 Å². The number of hydrogen-bond donors (Lipinski definition) is 0. The molecule has 2 nitrogen and oxygen atoms in total. The Bertz CT molecular complexity index is 224. The zero-order valence-electron chi connectivity index (χ0n) is 12.0. The van der Waals surface area contributed by atoms with Gasteiger partial charge in [-0.15, -0.1) is 0 Å². The zero-order chi connectivity index (χ0) is 13.1. The first kappa shape index (κ1) is 16.1. The van der Waals surface area contributed by atoms with E-state index in [1.807, 2.05) is 19.1 Å². The monoisotopic (exact) mass is 240 g/mol. The van der Waals surface area contributed by atoms with Crippen molar-refractivity contribution in [2.75, 3.05) is 13.2 Å². The topological polar surface area (TPSA) is 18.5 Å². The van der Waals surface area contributed by atoms with Gasteiger partial charge in [-0.25, -0.2) is 0 Å². The third kappa shape index (κ3) is 9.98. The number of allylic oxidation sites excluding steroid dienone is 2. The lowest BCUT2D eigenvalue weighted by atomic mass is 9.80. The summed E-state index contributed by atoms with van der Waals surface area (Å²) in [5, 5.41) is 0.